The largest absolute Gasteiger partial charge is 0.496 e. The molecular formula is C22H24N4O3. The first-order valence-corrected chi connectivity index (χ1v) is 9.70. The van der Waals surface area contributed by atoms with Gasteiger partial charge in [-0.15, -0.1) is 0 Å². The van der Waals surface area contributed by atoms with Crippen LogP contribution in [0.15, 0.2) is 61.1 Å². The summed E-state index contributed by atoms with van der Waals surface area (Å²) in [6.45, 7) is 0.739. The number of carbonyl (C=O) groups is 1. The van der Waals surface area contributed by atoms with Crippen LogP contribution in [0.3, 0.4) is 0 Å². The van der Waals surface area contributed by atoms with Gasteiger partial charge in [0, 0.05) is 36.3 Å². The fourth-order valence-corrected chi connectivity index (χ4v) is 3.92. The maximum atomic E-state index is 12.9. The Bertz CT molecular complexity index is 959. The Morgan fingerprint density at radius 2 is 2.14 bits per heavy atom. The highest BCUT2D eigenvalue weighted by Crippen LogP contribution is 2.30. The van der Waals surface area contributed by atoms with Gasteiger partial charge in [0.1, 0.15) is 5.75 Å². The molecule has 29 heavy (non-hydrogen) atoms. The van der Waals surface area contributed by atoms with E-state index in [1.165, 1.54) is 0 Å². The summed E-state index contributed by atoms with van der Waals surface area (Å²) in [6.07, 6.45) is 6.16. The second-order valence-corrected chi connectivity index (χ2v) is 7.34. The number of ether oxygens (including phenoxy) is 1. The molecule has 0 aliphatic heterocycles. The SMILES string of the molecule is COc1ccc(C(=O)N[C@@H]2CC(Cn3cccn3)C[C@H]2O)cc1-c1ccccn1. The van der Waals surface area contributed by atoms with Gasteiger partial charge in [-0.2, -0.15) is 5.10 Å². The Balaban J connectivity index is 1.47. The summed E-state index contributed by atoms with van der Waals surface area (Å²) < 4.78 is 7.29. The van der Waals surface area contributed by atoms with E-state index in [9.17, 15) is 9.90 Å². The highest BCUT2D eigenvalue weighted by Gasteiger charge is 2.34. The van der Waals surface area contributed by atoms with Crippen molar-refractivity contribution in [2.75, 3.05) is 7.11 Å². The summed E-state index contributed by atoms with van der Waals surface area (Å²) in [5.74, 6) is 0.712. The Labute approximate surface area is 169 Å². The summed E-state index contributed by atoms with van der Waals surface area (Å²) in [7, 11) is 1.59. The average molecular weight is 392 g/mol. The maximum absolute atomic E-state index is 12.9. The Morgan fingerprint density at radius 1 is 1.24 bits per heavy atom. The normalized spacial score (nSPS) is 21.1. The zero-order chi connectivity index (χ0) is 20.2. The molecule has 0 saturated heterocycles. The van der Waals surface area contributed by atoms with E-state index >= 15 is 0 Å². The number of aliphatic hydroxyl groups excluding tert-OH is 1. The summed E-state index contributed by atoms with van der Waals surface area (Å²) in [5, 5.41) is 17.6. The number of carbonyl (C=O) groups excluding carboxylic acids is 1. The molecule has 1 aliphatic carbocycles. The van der Waals surface area contributed by atoms with Crippen LogP contribution in [-0.2, 0) is 6.54 Å². The van der Waals surface area contributed by atoms with Crippen molar-refractivity contribution in [1.82, 2.24) is 20.1 Å². The number of rotatable bonds is 6. The Morgan fingerprint density at radius 3 is 2.86 bits per heavy atom. The minimum atomic E-state index is -0.562. The first-order chi connectivity index (χ1) is 14.1. The van der Waals surface area contributed by atoms with Crippen molar-refractivity contribution in [3.63, 3.8) is 0 Å². The highest BCUT2D eigenvalue weighted by molar-refractivity contribution is 5.96. The number of aliphatic hydroxyl groups is 1. The molecule has 1 saturated carbocycles. The van der Waals surface area contributed by atoms with Gasteiger partial charge in [0.15, 0.2) is 0 Å². The Kier molecular flexibility index (Phi) is 5.57. The van der Waals surface area contributed by atoms with Gasteiger partial charge in [0.2, 0.25) is 0 Å². The standard InChI is InChI=1S/C22H24N4O3/c1-29-21-7-6-16(13-17(21)18-5-2-3-8-23-18)22(28)25-19-11-15(12-20(19)27)14-26-10-4-9-24-26/h2-10,13,15,19-20,27H,11-12,14H2,1H3,(H,25,28)/t15?,19-,20-/m1/s1. The van der Waals surface area contributed by atoms with E-state index in [1.807, 2.05) is 35.1 Å². The highest BCUT2D eigenvalue weighted by atomic mass is 16.5. The van der Waals surface area contributed by atoms with Crippen molar-refractivity contribution in [1.29, 1.82) is 0 Å². The molecule has 3 atom stereocenters. The van der Waals surface area contributed by atoms with Crippen LogP contribution in [0.25, 0.3) is 11.3 Å². The van der Waals surface area contributed by atoms with Crippen molar-refractivity contribution in [2.45, 2.75) is 31.5 Å². The molecule has 2 N–H and O–H groups in total. The number of hydrogen-bond acceptors (Lipinski definition) is 5. The van der Waals surface area contributed by atoms with Crippen molar-refractivity contribution < 1.29 is 14.6 Å². The molecule has 7 nitrogen and oxygen atoms in total. The summed E-state index contributed by atoms with van der Waals surface area (Å²) in [4.78, 5) is 17.2. The molecule has 150 valence electrons. The van der Waals surface area contributed by atoms with Crippen molar-refractivity contribution in [3.8, 4) is 17.0 Å². The fourth-order valence-electron chi connectivity index (χ4n) is 3.92. The van der Waals surface area contributed by atoms with E-state index in [0.29, 0.717) is 17.7 Å². The van der Waals surface area contributed by atoms with Crippen LogP contribution in [0.2, 0.25) is 0 Å². The van der Waals surface area contributed by atoms with E-state index in [2.05, 4.69) is 15.4 Å². The predicted octanol–water partition coefficient (Wildman–Crippen LogP) is 2.52. The van der Waals surface area contributed by atoms with E-state index < -0.39 is 6.10 Å². The van der Waals surface area contributed by atoms with Crippen LogP contribution < -0.4 is 10.1 Å². The molecular weight excluding hydrogens is 368 g/mol. The molecule has 1 fully saturated rings. The number of nitrogens with one attached hydrogen (secondary N) is 1. The van der Waals surface area contributed by atoms with Crippen LogP contribution in [0.4, 0.5) is 0 Å². The lowest BCUT2D eigenvalue weighted by molar-refractivity contribution is 0.0873. The van der Waals surface area contributed by atoms with E-state index in [-0.39, 0.29) is 17.9 Å². The molecule has 1 amide bonds. The molecule has 1 aliphatic rings. The third kappa shape index (κ3) is 4.30. The zero-order valence-electron chi connectivity index (χ0n) is 16.2. The number of amides is 1. The topological polar surface area (TPSA) is 89.3 Å². The summed E-state index contributed by atoms with van der Waals surface area (Å²) >= 11 is 0. The minimum Gasteiger partial charge on any atom is -0.496 e. The quantitative estimate of drug-likeness (QED) is 0.673. The number of pyridine rings is 1. The Hall–Kier alpha value is -3.19. The van der Waals surface area contributed by atoms with Crippen LogP contribution in [0.5, 0.6) is 5.75 Å². The van der Waals surface area contributed by atoms with Gasteiger partial charge < -0.3 is 15.2 Å². The fraction of sp³-hybridized carbons (Fsp3) is 0.318. The van der Waals surface area contributed by atoms with Crippen molar-refractivity contribution in [3.05, 3.63) is 66.6 Å². The first-order valence-electron chi connectivity index (χ1n) is 9.70. The summed E-state index contributed by atoms with van der Waals surface area (Å²) in [6, 6.07) is 12.5. The number of methoxy groups -OCH3 is 1. The van der Waals surface area contributed by atoms with Gasteiger partial charge in [0.05, 0.1) is 24.9 Å². The number of benzene rings is 1. The van der Waals surface area contributed by atoms with Gasteiger partial charge in [-0.1, -0.05) is 6.07 Å². The second-order valence-electron chi connectivity index (χ2n) is 7.34. The predicted molar refractivity (Wildman–Crippen MR) is 108 cm³/mol. The van der Waals surface area contributed by atoms with E-state index in [1.54, 1.807) is 37.7 Å². The van der Waals surface area contributed by atoms with Gasteiger partial charge in [-0.25, -0.2) is 0 Å². The number of hydrogen-bond donors (Lipinski definition) is 2. The lowest BCUT2D eigenvalue weighted by Crippen LogP contribution is -2.39. The third-order valence-corrected chi connectivity index (χ3v) is 5.35. The molecule has 0 radical (unpaired) electrons. The molecule has 0 bridgehead atoms. The second kappa shape index (κ2) is 8.45. The van der Waals surface area contributed by atoms with Crippen LogP contribution in [0, 0.1) is 5.92 Å². The van der Waals surface area contributed by atoms with Gasteiger partial charge in [0.25, 0.3) is 5.91 Å². The summed E-state index contributed by atoms with van der Waals surface area (Å²) in [5.41, 5.74) is 2.00. The number of aromatic nitrogens is 3. The van der Waals surface area contributed by atoms with Crippen molar-refractivity contribution >= 4 is 5.91 Å². The monoisotopic (exact) mass is 392 g/mol. The van der Waals surface area contributed by atoms with Gasteiger partial charge in [-0.05, 0) is 55.2 Å². The molecule has 2 aromatic heterocycles. The lowest BCUT2D eigenvalue weighted by Gasteiger charge is -2.17. The van der Waals surface area contributed by atoms with Crippen LogP contribution in [-0.4, -0.2) is 45.0 Å². The molecule has 1 unspecified atom stereocenters. The molecule has 7 heteroatoms. The van der Waals surface area contributed by atoms with Gasteiger partial charge in [-0.3, -0.25) is 14.5 Å². The molecule has 1 aromatic carbocycles. The molecule has 3 aromatic rings. The smallest absolute Gasteiger partial charge is 0.251 e. The minimum absolute atomic E-state index is 0.214. The molecule has 4 rings (SSSR count). The number of nitrogens with zero attached hydrogens (tertiary/aromatic N) is 3. The van der Waals surface area contributed by atoms with E-state index in [0.717, 1.165) is 24.2 Å². The first kappa shape index (κ1) is 19.1. The average Bonchev–Trinajstić information content (AvgIpc) is 3.38. The zero-order valence-corrected chi connectivity index (χ0v) is 16.2. The van der Waals surface area contributed by atoms with Crippen LogP contribution >= 0.6 is 0 Å². The maximum Gasteiger partial charge on any atom is 0.251 e. The van der Waals surface area contributed by atoms with Gasteiger partial charge >= 0.3 is 0 Å². The molecule has 0 spiro atoms. The lowest BCUT2D eigenvalue weighted by atomic mass is 10.0. The van der Waals surface area contributed by atoms with E-state index in [4.69, 9.17) is 4.74 Å². The van der Waals surface area contributed by atoms with Crippen LogP contribution in [0.1, 0.15) is 23.2 Å². The van der Waals surface area contributed by atoms with Crippen molar-refractivity contribution in [2.24, 2.45) is 5.92 Å². The molecule has 2 heterocycles. The third-order valence-electron chi connectivity index (χ3n) is 5.35.